The van der Waals surface area contributed by atoms with Gasteiger partial charge in [-0.3, -0.25) is 0 Å². The van der Waals surface area contributed by atoms with Crippen LogP contribution in [0, 0.1) is 0 Å². The lowest BCUT2D eigenvalue weighted by atomic mass is 10.1. The molecule has 1 atom stereocenters. The van der Waals surface area contributed by atoms with Gasteiger partial charge in [-0.05, 0) is 43.0 Å². The molecule has 1 unspecified atom stereocenters. The fourth-order valence-corrected chi connectivity index (χ4v) is 2.39. The molecule has 0 aliphatic carbocycles. The first-order chi connectivity index (χ1) is 7.76. The summed E-state index contributed by atoms with van der Waals surface area (Å²) in [6.45, 7) is 0.681. The van der Waals surface area contributed by atoms with Gasteiger partial charge in [0.15, 0.2) is 0 Å². The van der Waals surface area contributed by atoms with Crippen molar-refractivity contribution in [2.24, 2.45) is 5.73 Å². The summed E-state index contributed by atoms with van der Waals surface area (Å²) in [5.74, 6) is 1.21. The van der Waals surface area contributed by atoms with Crippen molar-refractivity contribution >= 4 is 33.4 Å². The molecule has 0 saturated carbocycles. The Hall–Kier alpha value is -0.190. The molecule has 2 nitrogen and oxygen atoms in total. The maximum Gasteiger partial charge on any atom is 0.0384 e. The standard InChI is InChI=1S/C12H19BrN2S/c1-16-7-3-6-12(9-14)15-11-5-2-4-10(13)8-11/h2,4-5,8,12,15H,3,6-7,9,14H2,1H3. The third kappa shape index (κ3) is 5.23. The molecule has 0 aromatic heterocycles. The van der Waals surface area contributed by atoms with Crippen molar-refractivity contribution in [3.05, 3.63) is 28.7 Å². The van der Waals surface area contributed by atoms with Gasteiger partial charge < -0.3 is 11.1 Å². The lowest BCUT2D eigenvalue weighted by molar-refractivity contribution is 0.652. The number of hydrogen-bond acceptors (Lipinski definition) is 3. The van der Waals surface area contributed by atoms with Crippen LogP contribution in [0.3, 0.4) is 0 Å². The number of hydrogen-bond donors (Lipinski definition) is 2. The van der Waals surface area contributed by atoms with E-state index in [2.05, 4.69) is 39.6 Å². The Labute approximate surface area is 111 Å². The molecule has 0 saturated heterocycles. The van der Waals surface area contributed by atoms with Gasteiger partial charge in [-0.2, -0.15) is 11.8 Å². The van der Waals surface area contributed by atoms with Crippen LogP contribution in [0.4, 0.5) is 5.69 Å². The zero-order chi connectivity index (χ0) is 11.8. The number of anilines is 1. The molecule has 3 N–H and O–H groups in total. The molecule has 0 aliphatic rings. The van der Waals surface area contributed by atoms with Gasteiger partial charge in [0.1, 0.15) is 0 Å². The highest BCUT2D eigenvalue weighted by molar-refractivity contribution is 9.10. The van der Waals surface area contributed by atoms with Crippen LogP contribution in [0.1, 0.15) is 12.8 Å². The molecule has 90 valence electrons. The molecule has 0 aliphatic heterocycles. The third-order valence-corrected chi connectivity index (χ3v) is 3.57. The number of thioether (sulfide) groups is 1. The smallest absolute Gasteiger partial charge is 0.0384 e. The highest BCUT2D eigenvalue weighted by Crippen LogP contribution is 2.17. The molecular weight excluding hydrogens is 284 g/mol. The summed E-state index contributed by atoms with van der Waals surface area (Å²) in [6, 6.07) is 8.58. The first-order valence-corrected chi connectivity index (χ1v) is 7.66. The molecule has 1 aromatic carbocycles. The van der Waals surface area contributed by atoms with Gasteiger partial charge in [-0.1, -0.05) is 22.0 Å². The summed E-state index contributed by atoms with van der Waals surface area (Å²) in [6.07, 6.45) is 4.48. The lowest BCUT2D eigenvalue weighted by Crippen LogP contribution is -2.28. The maximum atomic E-state index is 5.76. The Morgan fingerprint density at radius 2 is 2.31 bits per heavy atom. The molecule has 0 spiro atoms. The van der Waals surface area contributed by atoms with Crippen LogP contribution in [0.2, 0.25) is 0 Å². The quantitative estimate of drug-likeness (QED) is 0.759. The minimum atomic E-state index is 0.376. The summed E-state index contributed by atoms with van der Waals surface area (Å²) in [4.78, 5) is 0. The Balaban J connectivity index is 2.43. The van der Waals surface area contributed by atoms with Crippen LogP contribution >= 0.6 is 27.7 Å². The summed E-state index contributed by atoms with van der Waals surface area (Å²) in [7, 11) is 0. The van der Waals surface area contributed by atoms with E-state index in [1.807, 2.05) is 23.9 Å². The molecule has 4 heteroatoms. The van der Waals surface area contributed by atoms with Crippen LogP contribution in [0.5, 0.6) is 0 Å². The SMILES string of the molecule is CSCCCC(CN)Nc1cccc(Br)c1. The Morgan fingerprint density at radius 3 is 2.94 bits per heavy atom. The molecule has 1 aromatic rings. The molecule has 0 bridgehead atoms. The van der Waals surface area contributed by atoms with Gasteiger partial charge in [-0.25, -0.2) is 0 Å². The molecular formula is C12H19BrN2S. The average molecular weight is 303 g/mol. The Bertz CT molecular complexity index is 307. The minimum absolute atomic E-state index is 0.376. The highest BCUT2D eigenvalue weighted by atomic mass is 79.9. The number of nitrogens with two attached hydrogens (primary N) is 1. The van der Waals surface area contributed by atoms with Crippen LogP contribution in [0.25, 0.3) is 0 Å². The van der Waals surface area contributed by atoms with E-state index in [0.29, 0.717) is 12.6 Å². The van der Waals surface area contributed by atoms with E-state index in [1.54, 1.807) is 0 Å². The molecule has 0 fully saturated rings. The molecule has 0 heterocycles. The second-order valence-electron chi connectivity index (χ2n) is 3.72. The number of nitrogens with one attached hydrogen (secondary N) is 1. The van der Waals surface area contributed by atoms with Crippen LogP contribution in [-0.2, 0) is 0 Å². The first-order valence-electron chi connectivity index (χ1n) is 5.47. The fraction of sp³-hybridized carbons (Fsp3) is 0.500. The molecule has 0 radical (unpaired) electrons. The molecule has 16 heavy (non-hydrogen) atoms. The van der Waals surface area contributed by atoms with Crippen molar-refractivity contribution in [2.45, 2.75) is 18.9 Å². The van der Waals surface area contributed by atoms with Crippen molar-refractivity contribution in [3.63, 3.8) is 0 Å². The molecule has 0 amide bonds. The van der Waals surface area contributed by atoms with Crippen molar-refractivity contribution in [2.75, 3.05) is 23.9 Å². The minimum Gasteiger partial charge on any atom is -0.381 e. The van der Waals surface area contributed by atoms with Gasteiger partial charge in [0.05, 0.1) is 0 Å². The Morgan fingerprint density at radius 1 is 1.50 bits per heavy atom. The van der Waals surface area contributed by atoms with Gasteiger partial charge in [0, 0.05) is 22.7 Å². The lowest BCUT2D eigenvalue weighted by Gasteiger charge is -2.18. The fourth-order valence-electron chi connectivity index (χ4n) is 1.54. The summed E-state index contributed by atoms with van der Waals surface area (Å²) >= 11 is 5.35. The van der Waals surface area contributed by atoms with E-state index in [0.717, 1.165) is 16.6 Å². The highest BCUT2D eigenvalue weighted by Gasteiger charge is 2.05. The van der Waals surface area contributed by atoms with E-state index >= 15 is 0 Å². The summed E-state index contributed by atoms with van der Waals surface area (Å²) in [5.41, 5.74) is 6.89. The second kappa shape index (κ2) is 7.98. The average Bonchev–Trinajstić information content (AvgIpc) is 2.28. The van der Waals surface area contributed by atoms with Crippen molar-refractivity contribution in [3.8, 4) is 0 Å². The first kappa shape index (κ1) is 13.9. The van der Waals surface area contributed by atoms with Crippen molar-refractivity contribution in [1.29, 1.82) is 0 Å². The van der Waals surface area contributed by atoms with Gasteiger partial charge in [-0.15, -0.1) is 0 Å². The monoisotopic (exact) mass is 302 g/mol. The van der Waals surface area contributed by atoms with E-state index < -0.39 is 0 Å². The number of benzene rings is 1. The third-order valence-electron chi connectivity index (χ3n) is 2.38. The second-order valence-corrected chi connectivity index (χ2v) is 5.62. The summed E-state index contributed by atoms with van der Waals surface area (Å²) in [5, 5.41) is 3.46. The van der Waals surface area contributed by atoms with Gasteiger partial charge in [0.2, 0.25) is 0 Å². The predicted octanol–water partition coefficient (Wildman–Crippen LogP) is 3.33. The van der Waals surface area contributed by atoms with E-state index in [1.165, 1.54) is 12.2 Å². The number of halogens is 1. The number of rotatable bonds is 7. The Kier molecular flexibility index (Phi) is 6.92. The zero-order valence-electron chi connectivity index (χ0n) is 9.58. The molecule has 1 rings (SSSR count). The summed E-state index contributed by atoms with van der Waals surface area (Å²) < 4.78 is 1.09. The van der Waals surface area contributed by atoms with E-state index in [9.17, 15) is 0 Å². The van der Waals surface area contributed by atoms with Crippen LogP contribution in [0.15, 0.2) is 28.7 Å². The normalized spacial score (nSPS) is 12.4. The van der Waals surface area contributed by atoms with Crippen LogP contribution in [-0.4, -0.2) is 24.6 Å². The largest absolute Gasteiger partial charge is 0.381 e. The van der Waals surface area contributed by atoms with Crippen molar-refractivity contribution in [1.82, 2.24) is 0 Å². The predicted molar refractivity (Wildman–Crippen MR) is 78.2 cm³/mol. The van der Waals surface area contributed by atoms with Crippen LogP contribution < -0.4 is 11.1 Å². The van der Waals surface area contributed by atoms with Crippen molar-refractivity contribution < 1.29 is 0 Å². The maximum absolute atomic E-state index is 5.76. The van der Waals surface area contributed by atoms with E-state index in [4.69, 9.17) is 5.73 Å². The van der Waals surface area contributed by atoms with Gasteiger partial charge >= 0.3 is 0 Å². The van der Waals surface area contributed by atoms with E-state index in [-0.39, 0.29) is 0 Å². The zero-order valence-corrected chi connectivity index (χ0v) is 12.0. The topological polar surface area (TPSA) is 38.0 Å². The van der Waals surface area contributed by atoms with Gasteiger partial charge in [0.25, 0.3) is 0 Å².